The normalized spacial score (nSPS) is 12.1. The minimum Gasteiger partial charge on any atom is -0.310 e. The Morgan fingerprint density at radius 3 is 1.00 bits per heavy atom. The molecule has 0 bridgehead atoms. The number of pyridine rings is 3. The van der Waals surface area contributed by atoms with Crippen molar-refractivity contribution in [2.24, 2.45) is 16.2 Å². The second kappa shape index (κ2) is 13.4. The van der Waals surface area contributed by atoms with Crippen LogP contribution in [0.25, 0.3) is 0 Å². The van der Waals surface area contributed by atoms with Gasteiger partial charge in [-0.1, -0.05) is 80.5 Å². The fourth-order valence-corrected chi connectivity index (χ4v) is 3.68. The first-order valence-electron chi connectivity index (χ1n) is 14.4. The molecular weight excluding hydrogens is 542 g/mol. The van der Waals surface area contributed by atoms with Gasteiger partial charge in [-0.05, 0) is 36.4 Å². The molecule has 230 valence electrons. The molecule has 3 aromatic heterocycles. The highest BCUT2D eigenvalue weighted by Crippen LogP contribution is 2.21. The Balaban J connectivity index is 1.88. The van der Waals surface area contributed by atoms with Gasteiger partial charge in [0.1, 0.15) is 17.5 Å². The fraction of sp³-hybridized carbons (Fsp3) is 0.455. The number of hydrogen-bond acceptors (Lipinski definition) is 7. The second-order valence-electron chi connectivity index (χ2n) is 13.8. The molecule has 0 saturated heterocycles. The van der Waals surface area contributed by atoms with Crippen LogP contribution in [0.2, 0.25) is 0 Å². The van der Waals surface area contributed by atoms with Gasteiger partial charge in [0, 0.05) is 35.9 Å². The molecule has 3 N–H and O–H groups in total. The SMILES string of the molecule is CC(C)(C)C(=O)Nc1cccc(CN(Cc2cccc(NC(=O)C(C)(C)C)n2)Cc2cccc(NC(=O)C(C)(C)C)n2)n1. The lowest BCUT2D eigenvalue weighted by Gasteiger charge is -2.23. The molecule has 0 aliphatic heterocycles. The van der Waals surface area contributed by atoms with E-state index in [0.29, 0.717) is 37.1 Å². The van der Waals surface area contributed by atoms with Crippen molar-refractivity contribution in [1.82, 2.24) is 19.9 Å². The summed E-state index contributed by atoms with van der Waals surface area (Å²) in [5, 5.41) is 8.69. The minimum atomic E-state index is -0.554. The maximum absolute atomic E-state index is 12.6. The summed E-state index contributed by atoms with van der Waals surface area (Å²) < 4.78 is 0. The number of nitrogens with zero attached hydrogens (tertiary/aromatic N) is 4. The molecule has 0 aliphatic rings. The van der Waals surface area contributed by atoms with Crippen molar-refractivity contribution in [3.05, 3.63) is 71.7 Å². The first-order valence-corrected chi connectivity index (χ1v) is 14.4. The highest BCUT2D eigenvalue weighted by Gasteiger charge is 2.24. The van der Waals surface area contributed by atoms with E-state index in [-0.39, 0.29) is 17.7 Å². The number of rotatable bonds is 9. The summed E-state index contributed by atoms with van der Waals surface area (Å²) in [6.07, 6.45) is 0. The summed E-state index contributed by atoms with van der Waals surface area (Å²) in [4.78, 5) is 53.8. The van der Waals surface area contributed by atoms with Crippen molar-refractivity contribution in [2.45, 2.75) is 81.9 Å². The van der Waals surface area contributed by atoms with Gasteiger partial charge in [-0.15, -0.1) is 0 Å². The maximum Gasteiger partial charge on any atom is 0.230 e. The molecule has 0 aromatic carbocycles. The van der Waals surface area contributed by atoms with Gasteiger partial charge in [0.25, 0.3) is 0 Å². The monoisotopic (exact) mass is 587 g/mol. The quantitative estimate of drug-likeness (QED) is 0.279. The van der Waals surface area contributed by atoms with Crippen molar-refractivity contribution in [2.75, 3.05) is 16.0 Å². The molecule has 3 heterocycles. The van der Waals surface area contributed by atoms with E-state index >= 15 is 0 Å². The highest BCUT2D eigenvalue weighted by atomic mass is 16.2. The van der Waals surface area contributed by atoms with E-state index in [9.17, 15) is 14.4 Å². The van der Waals surface area contributed by atoms with E-state index in [1.165, 1.54) is 0 Å². The molecule has 0 spiro atoms. The molecule has 10 nitrogen and oxygen atoms in total. The van der Waals surface area contributed by atoms with E-state index in [4.69, 9.17) is 0 Å². The zero-order valence-electron chi connectivity index (χ0n) is 26.8. The number of carbonyl (C=O) groups is 3. The molecule has 3 aromatic rings. The summed E-state index contributed by atoms with van der Waals surface area (Å²) in [6, 6.07) is 16.6. The summed E-state index contributed by atoms with van der Waals surface area (Å²) in [5.41, 5.74) is 0.592. The number of hydrogen-bond donors (Lipinski definition) is 3. The number of nitrogens with one attached hydrogen (secondary N) is 3. The van der Waals surface area contributed by atoms with Crippen LogP contribution in [0.5, 0.6) is 0 Å². The van der Waals surface area contributed by atoms with E-state index in [1.807, 2.05) is 98.7 Å². The van der Waals surface area contributed by atoms with Crippen LogP contribution in [0.3, 0.4) is 0 Å². The molecule has 0 saturated carbocycles. The number of carbonyl (C=O) groups excluding carboxylic acids is 3. The van der Waals surface area contributed by atoms with Gasteiger partial charge in [-0.3, -0.25) is 19.3 Å². The zero-order chi connectivity index (χ0) is 32.0. The summed E-state index contributed by atoms with van der Waals surface area (Å²) >= 11 is 0. The smallest absolute Gasteiger partial charge is 0.230 e. The number of anilines is 3. The molecule has 0 aliphatic carbocycles. The Morgan fingerprint density at radius 1 is 0.512 bits per heavy atom. The molecule has 43 heavy (non-hydrogen) atoms. The van der Waals surface area contributed by atoms with Crippen molar-refractivity contribution >= 4 is 35.2 Å². The lowest BCUT2D eigenvalue weighted by atomic mass is 9.96. The molecule has 0 radical (unpaired) electrons. The zero-order valence-corrected chi connectivity index (χ0v) is 26.8. The average molecular weight is 588 g/mol. The van der Waals surface area contributed by atoms with Crippen molar-refractivity contribution in [1.29, 1.82) is 0 Å². The Hall–Kier alpha value is -4.18. The summed E-state index contributed by atoms with van der Waals surface area (Å²) in [6.45, 7) is 18.0. The largest absolute Gasteiger partial charge is 0.310 e. The Bertz CT molecular complexity index is 1270. The standard InChI is InChI=1S/C33H45N7O3/c1-31(2,3)28(41)37-25-16-10-13-22(34-25)19-40(20-23-14-11-17-26(35-23)38-29(42)32(4,5)6)21-24-15-12-18-27(36-24)39-30(43)33(7,8)9/h10-18H,19-21H2,1-9H3,(H,34,37,41)(H,35,38,42)(H,36,39,43). The molecule has 0 unspecified atom stereocenters. The number of amides is 3. The van der Waals surface area contributed by atoms with Gasteiger partial charge in [0.15, 0.2) is 0 Å². The van der Waals surface area contributed by atoms with Crippen LogP contribution in [0, 0.1) is 16.2 Å². The molecule has 3 rings (SSSR count). The van der Waals surface area contributed by atoms with Crippen LogP contribution in [0.15, 0.2) is 54.6 Å². The third kappa shape index (κ3) is 10.6. The average Bonchev–Trinajstić information content (AvgIpc) is 2.87. The fourth-order valence-electron chi connectivity index (χ4n) is 3.68. The second-order valence-corrected chi connectivity index (χ2v) is 13.8. The summed E-state index contributed by atoms with van der Waals surface area (Å²) in [7, 11) is 0. The lowest BCUT2D eigenvalue weighted by molar-refractivity contribution is -0.123. The molecule has 0 fully saturated rings. The third-order valence-electron chi connectivity index (χ3n) is 6.35. The van der Waals surface area contributed by atoms with Gasteiger partial charge < -0.3 is 16.0 Å². The van der Waals surface area contributed by atoms with Gasteiger partial charge in [-0.2, -0.15) is 0 Å². The first kappa shape index (κ1) is 33.3. The van der Waals surface area contributed by atoms with Gasteiger partial charge >= 0.3 is 0 Å². The lowest BCUT2D eigenvalue weighted by Crippen LogP contribution is -2.29. The molecule has 10 heteroatoms. The van der Waals surface area contributed by atoms with E-state index in [2.05, 4.69) is 35.8 Å². The van der Waals surface area contributed by atoms with Crippen molar-refractivity contribution in [3.63, 3.8) is 0 Å². The van der Waals surface area contributed by atoms with Crippen molar-refractivity contribution < 1.29 is 14.4 Å². The Morgan fingerprint density at radius 2 is 0.767 bits per heavy atom. The summed E-state index contributed by atoms with van der Waals surface area (Å²) in [5.74, 6) is 1.08. The highest BCUT2D eigenvalue weighted by molar-refractivity contribution is 5.94. The third-order valence-corrected chi connectivity index (χ3v) is 6.35. The van der Waals surface area contributed by atoms with Crippen LogP contribution in [-0.2, 0) is 34.0 Å². The molecular formula is C33H45N7O3. The van der Waals surface area contributed by atoms with E-state index in [1.54, 1.807) is 18.2 Å². The van der Waals surface area contributed by atoms with Crippen LogP contribution in [-0.4, -0.2) is 37.6 Å². The number of aromatic nitrogens is 3. The first-order chi connectivity index (χ1) is 19.9. The van der Waals surface area contributed by atoms with Crippen molar-refractivity contribution in [3.8, 4) is 0 Å². The maximum atomic E-state index is 12.6. The van der Waals surface area contributed by atoms with Crippen LogP contribution >= 0.6 is 0 Å². The molecule has 3 amide bonds. The van der Waals surface area contributed by atoms with E-state index in [0.717, 1.165) is 17.1 Å². The van der Waals surface area contributed by atoms with E-state index < -0.39 is 16.2 Å². The topological polar surface area (TPSA) is 129 Å². The predicted molar refractivity (Wildman–Crippen MR) is 170 cm³/mol. The van der Waals surface area contributed by atoms with Crippen LogP contribution < -0.4 is 16.0 Å². The minimum absolute atomic E-state index is 0.120. The van der Waals surface area contributed by atoms with Gasteiger partial charge in [0.05, 0.1) is 17.1 Å². The van der Waals surface area contributed by atoms with Gasteiger partial charge in [0.2, 0.25) is 17.7 Å². The van der Waals surface area contributed by atoms with Crippen LogP contribution in [0.4, 0.5) is 17.5 Å². The van der Waals surface area contributed by atoms with Crippen LogP contribution in [0.1, 0.15) is 79.4 Å². The Kier molecular flexibility index (Phi) is 10.4. The molecule has 0 atom stereocenters. The Labute approximate surface area is 255 Å². The van der Waals surface area contributed by atoms with Gasteiger partial charge in [-0.25, -0.2) is 15.0 Å². The predicted octanol–water partition coefficient (Wildman–Crippen LogP) is 6.03.